The maximum absolute atomic E-state index is 11.8. The molecule has 2 fully saturated rings. The lowest BCUT2D eigenvalue weighted by atomic mass is 9.78. The Kier molecular flexibility index (Phi) is 4.04. The summed E-state index contributed by atoms with van der Waals surface area (Å²) in [5.74, 6) is 1.47. The van der Waals surface area contributed by atoms with Crippen LogP contribution in [0.1, 0.15) is 33.1 Å². The standard InChI is InChI=1S/C17H25N3O/c1-12-5-3-8-16(13(12)2)19-14-6-4-7-15(11-14)20-10-9-18-17(20)21/h4,6-7,11-13,16,19H,3,5,8-10H2,1-2H3,(H,18,21). The van der Waals surface area contributed by atoms with E-state index in [9.17, 15) is 4.79 Å². The highest BCUT2D eigenvalue weighted by Gasteiger charge is 2.27. The van der Waals surface area contributed by atoms with Crippen LogP contribution in [-0.4, -0.2) is 25.2 Å². The molecule has 2 aliphatic rings. The highest BCUT2D eigenvalue weighted by atomic mass is 16.2. The Morgan fingerprint density at radius 3 is 2.90 bits per heavy atom. The van der Waals surface area contributed by atoms with E-state index in [4.69, 9.17) is 0 Å². The summed E-state index contributed by atoms with van der Waals surface area (Å²) in [7, 11) is 0. The lowest BCUT2D eigenvalue weighted by Gasteiger charge is -2.35. The van der Waals surface area contributed by atoms with E-state index in [0.29, 0.717) is 12.0 Å². The van der Waals surface area contributed by atoms with Crippen molar-refractivity contribution in [1.29, 1.82) is 0 Å². The second-order valence-corrected chi connectivity index (χ2v) is 6.45. The van der Waals surface area contributed by atoms with Crippen LogP contribution in [0.3, 0.4) is 0 Å². The second-order valence-electron chi connectivity index (χ2n) is 6.45. The molecular weight excluding hydrogens is 262 g/mol. The van der Waals surface area contributed by atoms with E-state index in [1.54, 1.807) is 4.90 Å². The van der Waals surface area contributed by atoms with Crippen LogP contribution < -0.4 is 15.5 Å². The van der Waals surface area contributed by atoms with Crippen LogP contribution in [0.25, 0.3) is 0 Å². The van der Waals surface area contributed by atoms with Gasteiger partial charge in [0.25, 0.3) is 0 Å². The molecular formula is C17H25N3O. The molecule has 21 heavy (non-hydrogen) atoms. The van der Waals surface area contributed by atoms with Gasteiger partial charge in [-0.2, -0.15) is 0 Å². The van der Waals surface area contributed by atoms with Gasteiger partial charge in [-0.1, -0.05) is 32.8 Å². The van der Waals surface area contributed by atoms with Crippen LogP contribution >= 0.6 is 0 Å². The van der Waals surface area contributed by atoms with Gasteiger partial charge in [0.15, 0.2) is 0 Å². The van der Waals surface area contributed by atoms with Gasteiger partial charge in [-0.3, -0.25) is 4.90 Å². The number of hydrogen-bond donors (Lipinski definition) is 2. The fraction of sp³-hybridized carbons (Fsp3) is 0.588. The summed E-state index contributed by atoms with van der Waals surface area (Å²) < 4.78 is 0. The maximum atomic E-state index is 11.8. The van der Waals surface area contributed by atoms with E-state index in [1.807, 2.05) is 12.1 Å². The number of nitrogens with one attached hydrogen (secondary N) is 2. The Morgan fingerprint density at radius 2 is 2.14 bits per heavy atom. The van der Waals surface area contributed by atoms with Crippen LogP contribution in [0.2, 0.25) is 0 Å². The minimum atomic E-state index is 0.00630. The average molecular weight is 287 g/mol. The van der Waals surface area contributed by atoms with E-state index in [2.05, 4.69) is 36.6 Å². The Morgan fingerprint density at radius 1 is 1.29 bits per heavy atom. The van der Waals surface area contributed by atoms with E-state index in [-0.39, 0.29) is 6.03 Å². The van der Waals surface area contributed by atoms with Gasteiger partial charge in [-0.15, -0.1) is 0 Å². The van der Waals surface area contributed by atoms with Gasteiger partial charge < -0.3 is 10.6 Å². The Bertz CT molecular complexity index is 517. The lowest BCUT2D eigenvalue weighted by molar-refractivity contribution is 0.252. The number of anilines is 2. The minimum Gasteiger partial charge on any atom is -0.382 e. The summed E-state index contributed by atoms with van der Waals surface area (Å²) in [4.78, 5) is 13.6. The largest absolute Gasteiger partial charge is 0.382 e. The highest BCUT2D eigenvalue weighted by molar-refractivity contribution is 5.94. The van der Waals surface area contributed by atoms with Crippen LogP contribution in [0.15, 0.2) is 24.3 Å². The zero-order chi connectivity index (χ0) is 14.8. The van der Waals surface area contributed by atoms with E-state index in [1.165, 1.54) is 19.3 Å². The van der Waals surface area contributed by atoms with Gasteiger partial charge in [0.1, 0.15) is 0 Å². The first-order valence-corrected chi connectivity index (χ1v) is 8.07. The molecule has 3 unspecified atom stereocenters. The summed E-state index contributed by atoms with van der Waals surface area (Å²) in [5.41, 5.74) is 2.10. The summed E-state index contributed by atoms with van der Waals surface area (Å²) in [6.45, 7) is 6.18. The lowest BCUT2D eigenvalue weighted by Crippen LogP contribution is -2.35. The van der Waals surface area contributed by atoms with Crippen molar-refractivity contribution in [2.24, 2.45) is 11.8 Å². The van der Waals surface area contributed by atoms with Crippen LogP contribution in [0.4, 0.5) is 16.2 Å². The molecule has 0 radical (unpaired) electrons. The molecule has 3 atom stereocenters. The molecule has 1 aliphatic carbocycles. The van der Waals surface area contributed by atoms with Crippen molar-refractivity contribution in [3.8, 4) is 0 Å². The van der Waals surface area contributed by atoms with Gasteiger partial charge in [-0.25, -0.2) is 4.79 Å². The molecule has 0 spiro atoms. The average Bonchev–Trinajstić information content (AvgIpc) is 2.90. The highest BCUT2D eigenvalue weighted by Crippen LogP contribution is 2.32. The molecule has 1 heterocycles. The molecule has 4 heteroatoms. The van der Waals surface area contributed by atoms with Crippen molar-refractivity contribution in [3.63, 3.8) is 0 Å². The molecule has 1 saturated heterocycles. The van der Waals surface area contributed by atoms with Gasteiger partial charge in [0, 0.05) is 30.5 Å². The molecule has 1 aromatic rings. The number of amides is 2. The fourth-order valence-corrected chi connectivity index (χ4v) is 3.48. The molecule has 4 nitrogen and oxygen atoms in total. The topological polar surface area (TPSA) is 44.4 Å². The second kappa shape index (κ2) is 5.96. The number of hydrogen-bond acceptors (Lipinski definition) is 2. The van der Waals surface area contributed by atoms with Crippen LogP contribution in [-0.2, 0) is 0 Å². The fourth-order valence-electron chi connectivity index (χ4n) is 3.48. The van der Waals surface area contributed by atoms with E-state index >= 15 is 0 Å². The molecule has 2 N–H and O–H groups in total. The number of rotatable bonds is 3. The van der Waals surface area contributed by atoms with Crippen molar-refractivity contribution in [1.82, 2.24) is 5.32 Å². The summed E-state index contributed by atoms with van der Waals surface area (Å²) in [5, 5.41) is 6.53. The first-order chi connectivity index (χ1) is 10.1. The zero-order valence-electron chi connectivity index (χ0n) is 12.9. The van der Waals surface area contributed by atoms with Gasteiger partial charge in [0.05, 0.1) is 0 Å². The first-order valence-electron chi connectivity index (χ1n) is 8.07. The van der Waals surface area contributed by atoms with Crippen molar-refractivity contribution in [2.45, 2.75) is 39.2 Å². The molecule has 2 amide bonds. The molecule has 1 aromatic carbocycles. The first kappa shape index (κ1) is 14.2. The van der Waals surface area contributed by atoms with Crippen LogP contribution in [0, 0.1) is 11.8 Å². The van der Waals surface area contributed by atoms with Crippen molar-refractivity contribution in [3.05, 3.63) is 24.3 Å². The Labute approximate surface area is 126 Å². The monoisotopic (exact) mass is 287 g/mol. The molecule has 0 aromatic heterocycles. The molecule has 3 rings (SSSR count). The third kappa shape index (κ3) is 2.99. The number of carbonyl (C=O) groups excluding carboxylic acids is 1. The third-order valence-electron chi connectivity index (χ3n) is 5.07. The molecule has 1 aliphatic heterocycles. The van der Waals surface area contributed by atoms with Gasteiger partial charge >= 0.3 is 6.03 Å². The van der Waals surface area contributed by atoms with E-state index in [0.717, 1.165) is 30.4 Å². The van der Waals surface area contributed by atoms with Crippen molar-refractivity contribution >= 4 is 17.4 Å². The SMILES string of the molecule is CC1CCCC(Nc2cccc(N3CCNC3=O)c2)C1C. The van der Waals surface area contributed by atoms with Crippen molar-refractivity contribution < 1.29 is 4.79 Å². The smallest absolute Gasteiger partial charge is 0.321 e. The number of urea groups is 1. The Balaban J connectivity index is 1.72. The number of benzene rings is 1. The number of carbonyl (C=O) groups is 1. The third-order valence-corrected chi connectivity index (χ3v) is 5.07. The normalized spacial score (nSPS) is 29.3. The molecule has 114 valence electrons. The van der Waals surface area contributed by atoms with Crippen molar-refractivity contribution in [2.75, 3.05) is 23.3 Å². The summed E-state index contributed by atoms with van der Waals surface area (Å²) in [6.07, 6.45) is 3.88. The molecule has 1 saturated carbocycles. The maximum Gasteiger partial charge on any atom is 0.321 e. The van der Waals surface area contributed by atoms with Gasteiger partial charge in [-0.05, 0) is 36.5 Å². The van der Waals surface area contributed by atoms with Crippen LogP contribution in [0.5, 0.6) is 0 Å². The quantitative estimate of drug-likeness (QED) is 0.894. The summed E-state index contributed by atoms with van der Waals surface area (Å²) in [6, 6.07) is 8.77. The predicted molar refractivity (Wildman–Crippen MR) is 86.8 cm³/mol. The van der Waals surface area contributed by atoms with E-state index < -0.39 is 0 Å². The summed E-state index contributed by atoms with van der Waals surface area (Å²) >= 11 is 0. The number of nitrogens with zero attached hydrogens (tertiary/aromatic N) is 1. The predicted octanol–water partition coefficient (Wildman–Crippen LogP) is 3.45. The zero-order valence-corrected chi connectivity index (χ0v) is 12.9. The Hall–Kier alpha value is -1.71. The molecule has 0 bridgehead atoms. The van der Waals surface area contributed by atoms with Gasteiger partial charge in [0.2, 0.25) is 0 Å². The minimum absolute atomic E-state index is 0.00630.